The smallest absolute Gasteiger partial charge is 0.0139 e. The van der Waals surface area contributed by atoms with Crippen molar-refractivity contribution in [2.75, 3.05) is 0 Å². The zero-order valence-electron chi connectivity index (χ0n) is 12.6. The van der Waals surface area contributed by atoms with Gasteiger partial charge >= 0.3 is 0 Å². The standard InChI is InChI=1S/C17H30/c1-7-15(4)11-12-17(6)13-16(5)10-8-9-14(2)3/h8-9,11,13-14,16H,7,10,12H2,1-6H3. The van der Waals surface area contributed by atoms with Crippen LogP contribution in [0.4, 0.5) is 0 Å². The molecule has 0 aliphatic heterocycles. The number of hydrogen-bond acceptors (Lipinski definition) is 0. The van der Waals surface area contributed by atoms with Gasteiger partial charge in [0.25, 0.3) is 0 Å². The van der Waals surface area contributed by atoms with Crippen molar-refractivity contribution >= 4 is 0 Å². The predicted molar refractivity (Wildman–Crippen MR) is 80.2 cm³/mol. The average molecular weight is 234 g/mol. The molecule has 0 radical (unpaired) electrons. The van der Waals surface area contributed by atoms with Crippen LogP contribution in [-0.2, 0) is 0 Å². The maximum Gasteiger partial charge on any atom is -0.0139 e. The molecule has 0 aromatic carbocycles. The molecule has 1 unspecified atom stereocenters. The zero-order valence-corrected chi connectivity index (χ0v) is 12.6. The molecule has 0 amide bonds. The van der Waals surface area contributed by atoms with Gasteiger partial charge < -0.3 is 0 Å². The molecule has 17 heavy (non-hydrogen) atoms. The second-order valence-electron chi connectivity index (χ2n) is 5.51. The van der Waals surface area contributed by atoms with Crippen LogP contribution in [0.1, 0.15) is 60.8 Å². The molecule has 0 aromatic rings. The van der Waals surface area contributed by atoms with Gasteiger partial charge in [0.2, 0.25) is 0 Å². The molecule has 1 atom stereocenters. The first-order valence-corrected chi connectivity index (χ1v) is 6.95. The van der Waals surface area contributed by atoms with Crippen molar-refractivity contribution in [1.29, 1.82) is 0 Å². The Kier molecular flexibility index (Phi) is 8.85. The van der Waals surface area contributed by atoms with Gasteiger partial charge in [0.15, 0.2) is 0 Å². The molecule has 0 aliphatic rings. The minimum atomic E-state index is 0.653. The lowest BCUT2D eigenvalue weighted by Gasteiger charge is -2.05. The van der Waals surface area contributed by atoms with Crippen LogP contribution in [-0.4, -0.2) is 0 Å². The fourth-order valence-electron chi connectivity index (χ4n) is 1.67. The Morgan fingerprint density at radius 1 is 1.06 bits per heavy atom. The molecule has 0 heterocycles. The average Bonchev–Trinajstić information content (AvgIpc) is 2.25. The highest BCUT2D eigenvalue weighted by atomic mass is 14.0. The summed E-state index contributed by atoms with van der Waals surface area (Å²) in [5.41, 5.74) is 2.98. The summed E-state index contributed by atoms with van der Waals surface area (Å²) in [5.74, 6) is 1.32. The van der Waals surface area contributed by atoms with Crippen molar-refractivity contribution in [3.05, 3.63) is 35.5 Å². The SMILES string of the molecule is CCC(C)=CCC(C)=CC(C)CC=CC(C)C. The zero-order chi connectivity index (χ0) is 13.3. The van der Waals surface area contributed by atoms with E-state index in [4.69, 9.17) is 0 Å². The minimum absolute atomic E-state index is 0.653. The monoisotopic (exact) mass is 234 g/mol. The first kappa shape index (κ1) is 16.2. The van der Waals surface area contributed by atoms with Crippen LogP contribution >= 0.6 is 0 Å². The summed E-state index contributed by atoms with van der Waals surface area (Å²) in [6.07, 6.45) is 12.8. The van der Waals surface area contributed by atoms with E-state index < -0.39 is 0 Å². The van der Waals surface area contributed by atoms with Crippen LogP contribution in [0.5, 0.6) is 0 Å². The van der Waals surface area contributed by atoms with E-state index in [0.29, 0.717) is 11.8 Å². The summed E-state index contributed by atoms with van der Waals surface area (Å²) in [7, 11) is 0. The summed E-state index contributed by atoms with van der Waals surface area (Å²) >= 11 is 0. The molecule has 0 aliphatic carbocycles. The molecule has 0 rings (SSSR count). The van der Waals surface area contributed by atoms with E-state index in [1.54, 1.807) is 0 Å². The van der Waals surface area contributed by atoms with Gasteiger partial charge in [0.05, 0.1) is 0 Å². The summed E-state index contributed by atoms with van der Waals surface area (Å²) in [4.78, 5) is 0. The first-order chi connectivity index (χ1) is 7.95. The maximum absolute atomic E-state index is 2.41. The van der Waals surface area contributed by atoms with Gasteiger partial charge in [-0.3, -0.25) is 0 Å². The van der Waals surface area contributed by atoms with Crippen molar-refractivity contribution in [2.45, 2.75) is 60.8 Å². The van der Waals surface area contributed by atoms with Gasteiger partial charge in [0, 0.05) is 0 Å². The second-order valence-corrected chi connectivity index (χ2v) is 5.51. The van der Waals surface area contributed by atoms with Crippen molar-refractivity contribution in [3.8, 4) is 0 Å². The molecule has 0 nitrogen and oxygen atoms in total. The summed E-state index contributed by atoms with van der Waals surface area (Å²) in [6.45, 7) is 13.4. The Hall–Kier alpha value is -0.780. The quantitative estimate of drug-likeness (QED) is 0.480. The Labute approximate surface area is 109 Å². The molecular weight excluding hydrogens is 204 g/mol. The van der Waals surface area contributed by atoms with Crippen molar-refractivity contribution in [1.82, 2.24) is 0 Å². The van der Waals surface area contributed by atoms with Crippen molar-refractivity contribution in [3.63, 3.8) is 0 Å². The first-order valence-electron chi connectivity index (χ1n) is 6.95. The lowest BCUT2D eigenvalue weighted by molar-refractivity contribution is 0.724. The Bertz CT molecular complexity index is 276. The highest BCUT2D eigenvalue weighted by Crippen LogP contribution is 2.13. The fourth-order valence-corrected chi connectivity index (χ4v) is 1.67. The molecule has 0 aromatic heterocycles. The van der Waals surface area contributed by atoms with E-state index >= 15 is 0 Å². The largest absolute Gasteiger partial charge is 0.0877 e. The Morgan fingerprint density at radius 3 is 2.24 bits per heavy atom. The van der Waals surface area contributed by atoms with Crippen LogP contribution in [0.3, 0.4) is 0 Å². The van der Waals surface area contributed by atoms with E-state index in [9.17, 15) is 0 Å². The lowest BCUT2D eigenvalue weighted by atomic mass is 10.0. The molecule has 0 N–H and O–H groups in total. The van der Waals surface area contributed by atoms with Gasteiger partial charge in [-0.15, -0.1) is 0 Å². The van der Waals surface area contributed by atoms with E-state index in [-0.39, 0.29) is 0 Å². The number of rotatable bonds is 7. The van der Waals surface area contributed by atoms with Crippen molar-refractivity contribution in [2.24, 2.45) is 11.8 Å². The van der Waals surface area contributed by atoms with E-state index in [1.807, 2.05) is 0 Å². The third-order valence-corrected chi connectivity index (χ3v) is 2.93. The molecule has 98 valence electrons. The molecule has 0 heteroatoms. The second kappa shape index (κ2) is 9.27. The van der Waals surface area contributed by atoms with Crippen LogP contribution in [0.25, 0.3) is 0 Å². The summed E-state index contributed by atoms with van der Waals surface area (Å²) in [5, 5.41) is 0. The predicted octanol–water partition coefficient (Wildman–Crippen LogP) is 5.92. The normalized spacial score (nSPS) is 15.9. The lowest BCUT2D eigenvalue weighted by Crippen LogP contribution is -1.90. The minimum Gasteiger partial charge on any atom is -0.0877 e. The number of allylic oxidation sites excluding steroid dienone is 6. The molecule has 0 spiro atoms. The fraction of sp³-hybridized carbons (Fsp3) is 0.647. The Morgan fingerprint density at radius 2 is 1.71 bits per heavy atom. The topological polar surface area (TPSA) is 0 Å². The molecule has 0 fully saturated rings. The van der Waals surface area contributed by atoms with Gasteiger partial charge in [-0.25, -0.2) is 0 Å². The van der Waals surface area contributed by atoms with Gasteiger partial charge in [-0.1, -0.05) is 63.1 Å². The summed E-state index contributed by atoms with van der Waals surface area (Å²) in [6, 6.07) is 0. The van der Waals surface area contributed by atoms with E-state index in [0.717, 1.165) is 12.8 Å². The van der Waals surface area contributed by atoms with Crippen LogP contribution in [0, 0.1) is 11.8 Å². The molecule has 0 saturated carbocycles. The van der Waals surface area contributed by atoms with Crippen LogP contribution in [0.2, 0.25) is 0 Å². The van der Waals surface area contributed by atoms with Gasteiger partial charge in [-0.2, -0.15) is 0 Å². The number of hydrogen-bond donors (Lipinski definition) is 0. The highest BCUT2D eigenvalue weighted by molar-refractivity contribution is 5.10. The maximum atomic E-state index is 2.41. The highest BCUT2D eigenvalue weighted by Gasteiger charge is 1.96. The van der Waals surface area contributed by atoms with Crippen LogP contribution < -0.4 is 0 Å². The van der Waals surface area contributed by atoms with Crippen molar-refractivity contribution < 1.29 is 0 Å². The summed E-state index contributed by atoms with van der Waals surface area (Å²) < 4.78 is 0. The van der Waals surface area contributed by atoms with Gasteiger partial charge in [0.1, 0.15) is 0 Å². The van der Waals surface area contributed by atoms with Gasteiger partial charge in [-0.05, 0) is 44.9 Å². The van der Waals surface area contributed by atoms with Crippen LogP contribution in [0.15, 0.2) is 35.5 Å². The van der Waals surface area contributed by atoms with E-state index in [1.165, 1.54) is 17.6 Å². The molecule has 0 saturated heterocycles. The Balaban J connectivity index is 4.10. The third-order valence-electron chi connectivity index (χ3n) is 2.93. The third kappa shape index (κ3) is 10.1. The molecular formula is C17H30. The van der Waals surface area contributed by atoms with E-state index in [2.05, 4.69) is 65.8 Å². The molecule has 0 bridgehead atoms.